The molecule has 4 heterocycles. The van der Waals surface area contributed by atoms with Gasteiger partial charge in [-0.3, -0.25) is 14.6 Å². The molecule has 1 unspecified atom stereocenters. The van der Waals surface area contributed by atoms with Crippen LogP contribution in [0.4, 0.5) is 5.82 Å². The predicted molar refractivity (Wildman–Crippen MR) is 111 cm³/mol. The smallest absolute Gasteiger partial charge is 0.272 e. The maximum atomic E-state index is 13.0. The highest BCUT2D eigenvalue weighted by Gasteiger charge is 2.26. The molecule has 2 aliphatic heterocycles. The fourth-order valence-corrected chi connectivity index (χ4v) is 4.08. The van der Waals surface area contributed by atoms with Gasteiger partial charge in [-0.1, -0.05) is 13.0 Å². The number of amides is 2. The number of likely N-dealkylation sites (tertiary alicyclic amines) is 1. The Morgan fingerprint density at radius 1 is 0.931 bits per heavy atom. The quantitative estimate of drug-likeness (QED) is 0.800. The molecule has 2 aliphatic rings. The van der Waals surface area contributed by atoms with Crippen LogP contribution in [0.3, 0.4) is 0 Å². The number of piperazine rings is 1. The topological polar surface area (TPSA) is 69.6 Å². The molecule has 2 aromatic heterocycles. The normalized spacial score (nSPS) is 19.9. The summed E-state index contributed by atoms with van der Waals surface area (Å²) < 4.78 is 0. The van der Waals surface area contributed by atoms with Gasteiger partial charge in [-0.05, 0) is 43.0 Å². The van der Waals surface area contributed by atoms with Crippen molar-refractivity contribution in [1.82, 2.24) is 19.8 Å². The molecule has 0 saturated carbocycles. The number of rotatable bonds is 3. The Balaban J connectivity index is 1.41. The maximum absolute atomic E-state index is 13.0. The number of aromatic nitrogens is 2. The van der Waals surface area contributed by atoms with Crippen LogP contribution in [-0.2, 0) is 0 Å². The molecule has 0 spiro atoms. The predicted octanol–water partition coefficient (Wildman–Crippen LogP) is 2.31. The molecular formula is C22H27N5O2. The van der Waals surface area contributed by atoms with Gasteiger partial charge >= 0.3 is 0 Å². The summed E-state index contributed by atoms with van der Waals surface area (Å²) in [6.45, 7) is 6.41. The molecule has 7 heteroatoms. The Bertz CT molecular complexity index is 865. The lowest BCUT2D eigenvalue weighted by atomic mass is 9.99. The third kappa shape index (κ3) is 4.39. The fraction of sp³-hybridized carbons (Fsp3) is 0.455. The lowest BCUT2D eigenvalue weighted by Gasteiger charge is -2.35. The van der Waals surface area contributed by atoms with Crippen LogP contribution >= 0.6 is 0 Å². The summed E-state index contributed by atoms with van der Waals surface area (Å²) in [5.74, 6) is 1.33. The van der Waals surface area contributed by atoms with E-state index in [1.807, 2.05) is 23.1 Å². The highest BCUT2D eigenvalue weighted by atomic mass is 16.2. The van der Waals surface area contributed by atoms with Gasteiger partial charge in [-0.2, -0.15) is 0 Å². The molecule has 2 amide bonds. The SMILES string of the molecule is CC1CCCN(C(=O)c2ccnc(C(=O)N3CCN(c4ccccn4)CC3)c2)C1. The van der Waals surface area contributed by atoms with E-state index in [9.17, 15) is 9.59 Å². The molecule has 29 heavy (non-hydrogen) atoms. The Morgan fingerprint density at radius 3 is 2.48 bits per heavy atom. The highest BCUT2D eigenvalue weighted by molar-refractivity contribution is 5.98. The molecule has 2 saturated heterocycles. The van der Waals surface area contributed by atoms with Gasteiger partial charge in [-0.15, -0.1) is 0 Å². The summed E-state index contributed by atoms with van der Waals surface area (Å²) in [5, 5.41) is 0. The van der Waals surface area contributed by atoms with Crippen molar-refractivity contribution in [1.29, 1.82) is 0 Å². The summed E-state index contributed by atoms with van der Waals surface area (Å²) in [6.07, 6.45) is 5.54. The van der Waals surface area contributed by atoms with Crippen molar-refractivity contribution < 1.29 is 9.59 Å². The molecule has 7 nitrogen and oxygen atoms in total. The van der Waals surface area contributed by atoms with Gasteiger partial charge in [0.05, 0.1) is 0 Å². The van der Waals surface area contributed by atoms with Crippen LogP contribution in [0, 0.1) is 5.92 Å². The Labute approximate surface area is 171 Å². The van der Waals surface area contributed by atoms with Crippen molar-refractivity contribution >= 4 is 17.6 Å². The van der Waals surface area contributed by atoms with Crippen molar-refractivity contribution in [2.45, 2.75) is 19.8 Å². The number of pyridine rings is 2. The lowest BCUT2D eigenvalue weighted by molar-refractivity contribution is 0.0682. The van der Waals surface area contributed by atoms with Crippen LogP contribution in [0.2, 0.25) is 0 Å². The van der Waals surface area contributed by atoms with E-state index in [0.717, 1.165) is 44.8 Å². The number of hydrogen-bond acceptors (Lipinski definition) is 5. The Hall–Kier alpha value is -2.96. The van der Waals surface area contributed by atoms with Gasteiger partial charge in [0.25, 0.3) is 11.8 Å². The summed E-state index contributed by atoms with van der Waals surface area (Å²) in [5.41, 5.74) is 0.886. The second kappa shape index (κ2) is 8.59. The van der Waals surface area contributed by atoms with Crippen molar-refractivity contribution in [3.63, 3.8) is 0 Å². The van der Waals surface area contributed by atoms with Crippen LogP contribution in [0.5, 0.6) is 0 Å². The second-order valence-corrected chi connectivity index (χ2v) is 7.90. The summed E-state index contributed by atoms with van der Waals surface area (Å²) in [6, 6.07) is 9.20. The zero-order chi connectivity index (χ0) is 20.2. The van der Waals surface area contributed by atoms with Crippen LogP contribution < -0.4 is 4.90 Å². The summed E-state index contributed by atoms with van der Waals surface area (Å²) >= 11 is 0. The minimum Gasteiger partial charge on any atom is -0.353 e. The molecule has 2 fully saturated rings. The largest absolute Gasteiger partial charge is 0.353 e. The summed E-state index contributed by atoms with van der Waals surface area (Å²) in [4.78, 5) is 40.3. The van der Waals surface area contributed by atoms with E-state index in [4.69, 9.17) is 0 Å². The first-order valence-corrected chi connectivity index (χ1v) is 10.3. The molecule has 0 N–H and O–H groups in total. The minimum absolute atomic E-state index is 0.00651. The van der Waals surface area contributed by atoms with Gasteiger partial charge in [0.15, 0.2) is 0 Å². The molecule has 0 aliphatic carbocycles. The third-order valence-electron chi connectivity index (χ3n) is 5.71. The molecule has 4 rings (SSSR count). The monoisotopic (exact) mass is 393 g/mol. The molecule has 1 atom stereocenters. The number of nitrogens with zero attached hydrogens (tertiary/aromatic N) is 5. The van der Waals surface area contributed by atoms with E-state index in [2.05, 4.69) is 21.8 Å². The number of anilines is 1. The van der Waals surface area contributed by atoms with Gasteiger partial charge in [0, 0.05) is 57.2 Å². The first-order valence-electron chi connectivity index (χ1n) is 10.3. The van der Waals surface area contributed by atoms with Crippen LogP contribution in [0.25, 0.3) is 0 Å². The van der Waals surface area contributed by atoms with Crippen LogP contribution in [-0.4, -0.2) is 70.9 Å². The molecule has 0 bridgehead atoms. The standard InChI is InChI=1S/C22H27N5O2/c1-17-5-4-10-27(16-17)21(28)18-7-9-23-19(15-18)22(29)26-13-11-25(12-14-26)20-6-2-3-8-24-20/h2-3,6-9,15,17H,4-5,10-14,16H2,1H3. The van der Waals surface area contributed by atoms with Crippen LogP contribution in [0.15, 0.2) is 42.7 Å². The van der Waals surface area contributed by atoms with E-state index in [0.29, 0.717) is 30.3 Å². The van der Waals surface area contributed by atoms with Crippen LogP contribution in [0.1, 0.15) is 40.6 Å². The first kappa shape index (κ1) is 19.4. The van der Waals surface area contributed by atoms with E-state index in [1.165, 1.54) is 0 Å². The first-order chi connectivity index (χ1) is 14.1. The number of carbonyl (C=O) groups is 2. The minimum atomic E-state index is -0.118. The average Bonchev–Trinajstić information content (AvgIpc) is 2.79. The molecule has 0 aromatic carbocycles. The van der Waals surface area contributed by atoms with Gasteiger partial charge < -0.3 is 14.7 Å². The zero-order valence-corrected chi connectivity index (χ0v) is 16.8. The fourth-order valence-electron chi connectivity index (χ4n) is 4.08. The van der Waals surface area contributed by atoms with Crippen molar-refractivity contribution in [2.24, 2.45) is 5.92 Å². The maximum Gasteiger partial charge on any atom is 0.272 e. The average molecular weight is 393 g/mol. The van der Waals surface area contributed by atoms with Crippen molar-refractivity contribution in [3.05, 3.63) is 54.0 Å². The molecule has 152 valence electrons. The Morgan fingerprint density at radius 2 is 1.76 bits per heavy atom. The van der Waals surface area contributed by atoms with Gasteiger partial charge in [0.2, 0.25) is 0 Å². The highest BCUT2D eigenvalue weighted by Crippen LogP contribution is 2.19. The number of hydrogen-bond donors (Lipinski definition) is 0. The van der Waals surface area contributed by atoms with Gasteiger partial charge in [0.1, 0.15) is 11.5 Å². The number of carbonyl (C=O) groups excluding carboxylic acids is 2. The van der Waals surface area contributed by atoms with E-state index < -0.39 is 0 Å². The lowest BCUT2D eigenvalue weighted by Crippen LogP contribution is -2.49. The van der Waals surface area contributed by atoms with E-state index >= 15 is 0 Å². The second-order valence-electron chi connectivity index (χ2n) is 7.90. The Kier molecular flexibility index (Phi) is 5.74. The van der Waals surface area contributed by atoms with Gasteiger partial charge in [-0.25, -0.2) is 4.98 Å². The van der Waals surface area contributed by atoms with Crippen molar-refractivity contribution in [2.75, 3.05) is 44.2 Å². The molecule has 0 radical (unpaired) electrons. The van der Waals surface area contributed by atoms with E-state index in [1.54, 1.807) is 29.4 Å². The zero-order valence-electron chi connectivity index (χ0n) is 16.8. The summed E-state index contributed by atoms with van der Waals surface area (Å²) in [7, 11) is 0. The third-order valence-corrected chi connectivity index (χ3v) is 5.71. The van der Waals surface area contributed by atoms with E-state index in [-0.39, 0.29) is 11.8 Å². The molecular weight excluding hydrogens is 366 g/mol. The number of piperidine rings is 1. The molecule has 2 aromatic rings. The van der Waals surface area contributed by atoms with Crippen molar-refractivity contribution in [3.8, 4) is 0 Å².